The average molecular weight is 345 g/mol. The number of hydrogen-bond donors (Lipinski definition) is 1. The van der Waals surface area contributed by atoms with Gasteiger partial charge in [0, 0.05) is 43.7 Å². The summed E-state index contributed by atoms with van der Waals surface area (Å²) in [7, 11) is 0. The number of pyridine rings is 1. The zero-order chi connectivity index (χ0) is 17.6. The zero-order valence-electron chi connectivity index (χ0n) is 13.8. The molecule has 1 aromatic heterocycles. The van der Waals surface area contributed by atoms with Crippen molar-refractivity contribution in [3.63, 3.8) is 0 Å². The normalized spacial score (nSPS) is 20.9. The Hall–Kier alpha value is -2.41. The van der Waals surface area contributed by atoms with E-state index in [1.54, 1.807) is 22.8 Å². The van der Waals surface area contributed by atoms with Crippen LogP contribution in [0.15, 0.2) is 29.1 Å². The van der Waals surface area contributed by atoms with Crippen LogP contribution in [-0.4, -0.2) is 41.3 Å². The highest BCUT2D eigenvalue weighted by Gasteiger charge is 2.31. The number of carbonyl (C=O) groups is 1. The van der Waals surface area contributed by atoms with Gasteiger partial charge in [0.25, 0.3) is 5.56 Å². The van der Waals surface area contributed by atoms with Gasteiger partial charge in [-0.25, -0.2) is 9.18 Å². The van der Waals surface area contributed by atoms with E-state index in [-0.39, 0.29) is 23.4 Å². The Labute approximate surface area is 144 Å². The predicted molar refractivity (Wildman–Crippen MR) is 91.0 cm³/mol. The molecule has 0 aliphatic carbocycles. The zero-order valence-corrected chi connectivity index (χ0v) is 13.8. The summed E-state index contributed by atoms with van der Waals surface area (Å²) < 4.78 is 21.2. The molecule has 2 aliphatic heterocycles. The highest BCUT2D eigenvalue weighted by atomic mass is 19.1. The van der Waals surface area contributed by atoms with Crippen molar-refractivity contribution in [2.24, 2.45) is 5.73 Å². The first kappa shape index (κ1) is 16.1. The van der Waals surface area contributed by atoms with Gasteiger partial charge in [-0.05, 0) is 36.4 Å². The number of carbonyl (C=O) groups excluding carboxylic acids is 1. The quantitative estimate of drug-likeness (QED) is 0.920. The maximum absolute atomic E-state index is 14.5. The molecule has 132 valence electrons. The second-order valence-corrected chi connectivity index (χ2v) is 6.81. The Bertz CT molecular complexity index is 887. The molecule has 0 bridgehead atoms. The van der Waals surface area contributed by atoms with Gasteiger partial charge in [0.2, 0.25) is 0 Å². The number of nitrogens with two attached hydrogens (primary N) is 1. The number of piperidine rings is 1. The first-order valence-electron chi connectivity index (χ1n) is 8.53. The SMILES string of the molecule is NC(=O)OC1CCN(CC2Cn3c(=O)ccc4ccc(F)c2c43)CC1. The molecular formula is C18H20FN3O3. The van der Waals surface area contributed by atoms with Gasteiger partial charge in [-0.2, -0.15) is 0 Å². The Kier molecular flexibility index (Phi) is 3.95. The van der Waals surface area contributed by atoms with Crippen molar-refractivity contribution < 1.29 is 13.9 Å². The van der Waals surface area contributed by atoms with E-state index in [2.05, 4.69) is 4.90 Å². The van der Waals surface area contributed by atoms with E-state index < -0.39 is 6.09 Å². The molecule has 25 heavy (non-hydrogen) atoms. The summed E-state index contributed by atoms with van der Waals surface area (Å²) in [4.78, 5) is 25.2. The molecule has 6 nitrogen and oxygen atoms in total. The van der Waals surface area contributed by atoms with Gasteiger partial charge in [-0.3, -0.25) is 4.79 Å². The molecule has 0 radical (unpaired) electrons. The van der Waals surface area contributed by atoms with E-state index >= 15 is 0 Å². The van der Waals surface area contributed by atoms with Gasteiger partial charge in [0.1, 0.15) is 11.9 Å². The van der Waals surface area contributed by atoms with E-state index in [0.717, 1.165) is 36.8 Å². The van der Waals surface area contributed by atoms with Crippen LogP contribution in [0.1, 0.15) is 24.3 Å². The maximum Gasteiger partial charge on any atom is 0.404 e. The Balaban J connectivity index is 1.53. The highest BCUT2D eigenvalue weighted by molar-refractivity contribution is 5.84. The van der Waals surface area contributed by atoms with E-state index in [9.17, 15) is 14.0 Å². The minimum Gasteiger partial charge on any atom is -0.446 e. The van der Waals surface area contributed by atoms with Crippen molar-refractivity contribution >= 4 is 17.0 Å². The second-order valence-electron chi connectivity index (χ2n) is 6.81. The van der Waals surface area contributed by atoms with Crippen LogP contribution >= 0.6 is 0 Å². The molecule has 2 N–H and O–H groups in total. The van der Waals surface area contributed by atoms with Crippen molar-refractivity contribution in [2.75, 3.05) is 19.6 Å². The first-order valence-corrected chi connectivity index (χ1v) is 8.53. The molecule has 2 aromatic rings. The van der Waals surface area contributed by atoms with Gasteiger partial charge >= 0.3 is 6.09 Å². The summed E-state index contributed by atoms with van der Waals surface area (Å²) >= 11 is 0. The number of ether oxygens (including phenoxy) is 1. The molecule has 7 heteroatoms. The summed E-state index contributed by atoms with van der Waals surface area (Å²) in [6, 6.07) is 6.50. The van der Waals surface area contributed by atoms with Crippen LogP contribution in [0, 0.1) is 5.82 Å². The molecule has 1 unspecified atom stereocenters. The topological polar surface area (TPSA) is 77.6 Å². The molecule has 1 fully saturated rings. The van der Waals surface area contributed by atoms with Crippen molar-refractivity contribution in [3.8, 4) is 0 Å². The lowest BCUT2D eigenvalue weighted by molar-refractivity contribution is 0.0541. The number of likely N-dealkylation sites (tertiary alicyclic amines) is 1. The lowest BCUT2D eigenvalue weighted by Crippen LogP contribution is -2.40. The van der Waals surface area contributed by atoms with Gasteiger partial charge in [-0.1, -0.05) is 0 Å². The van der Waals surface area contributed by atoms with Gasteiger partial charge in [0.15, 0.2) is 0 Å². The van der Waals surface area contributed by atoms with Crippen LogP contribution in [-0.2, 0) is 11.3 Å². The first-order chi connectivity index (χ1) is 12.0. The van der Waals surface area contributed by atoms with Crippen LogP contribution < -0.4 is 11.3 Å². The van der Waals surface area contributed by atoms with Crippen molar-refractivity contribution in [1.29, 1.82) is 0 Å². The van der Waals surface area contributed by atoms with E-state index in [1.807, 2.05) is 0 Å². The van der Waals surface area contributed by atoms with E-state index in [0.29, 0.717) is 18.7 Å². The van der Waals surface area contributed by atoms with E-state index in [4.69, 9.17) is 10.5 Å². The number of hydrogen-bond acceptors (Lipinski definition) is 4. The standard InChI is InChI=1S/C18H20FN3O3/c19-14-3-1-11-2-4-15(23)22-10-12(16(14)17(11)22)9-21-7-5-13(6-8-21)25-18(20)24/h1-4,12-13H,5-10H2,(H2,20,24). The molecule has 0 saturated carbocycles. The Morgan fingerprint density at radius 1 is 1.24 bits per heavy atom. The van der Waals surface area contributed by atoms with Gasteiger partial charge < -0.3 is 19.9 Å². The van der Waals surface area contributed by atoms with Crippen LogP contribution in [0.5, 0.6) is 0 Å². The summed E-state index contributed by atoms with van der Waals surface area (Å²) in [5.41, 5.74) is 6.35. The number of amides is 1. The van der Waals surface area contributed by atoms with Crippen molar-refractivity contribution in [1.82, 2.24) is 9.47 Å². The fourth-order valence-corrected chi connectivity index (χ4v) is 4.11. The molecule has 1 saturated heterocycles. The minimum atomic E-state index is -0.738. The lowest BCUT2D eigenvalue weighted by atomic mass is 9.97. The summed E-state index contributed by atoms with van der Waals surface area (Å²) in [5.74, 6) is -0.297. The second kappa shape index (κ2) is 6.15. The largest absolute Gasteiger partial charge is 0.446 e. The number of rotatable bonds is 3. The Morgan fingerprint density at radius 3 is 2.68 bits per heavy atom. The highest BCUT2D eigenvalue weighted by Crippen LogP contribution is 2.35. The van der Waals surface area contributed by atoms with Crippen LogP contribution in [0.3, 0.4) is 0 Å². The molecule has 4 rings (SSSR count). The third kappa shape index (κ3) is 2.89. The number of aromatic nitrogens is 1. The van der Waals surface area contributed by atoms with Crippen LogP contribution in [0.25, 0.3) is 10.9 Å². The Morgan fingerprint density at radius 2 is 1.96 bits per heavy atom. The monoisotopic (exact) mass is 345 g/mol. The van der Waals surface area contributed by atoms with Crippen LogP contribution in [0.2, 0.25) is 0 Å². The third-order valence-corrected chi connectivity index (χ3v) is 5.24. The fraction of sp³-hybridized carbons (Fsp3) is 0.444. The molecule has 1 amide bonds. The smallest absolute Gasteiger partial charge is 0.404 e. The molecular weight excluding hydrogens is 325 g/mol. The molecule has 0 spiro atoms. The fourth-order valence-electron chi connectivity index (χ4n) is 4.11. The maximum atomic E-state index is 14.5. The molecule has 3 heterocycles. The number of primary amides is 1. The molecule has 2 aliphatic rings. The number of nitrogens with zero attached hydrogens (tertiary/aromatic N) is 2. The number of halogens is 1. The average Bonchev–Trinajstić information content (AvgIpc) is 2.96. The lowest BCUT2D eigenvalue weighted by Gasteiger charge is -2.33. The number of benzene rings is 1. The summed E-state index contributed by atoms with van der Waals surface area (Å²) in [5, 5.41) is 0.895. The third-order valence-electron chi connectivity index (χ3n) is 5.24. The summed E-state index contributed by atoms with van der Waals surface area (Å²) in [6.07, 6.45) is 0.555. The molecule has 1 atom stereocenters. The van der Waals surface area contributed by atoms with E-state index in [1.165, 1.54) is 6.07 Å². The van der Waals surface area contributed by atoms with Crippen LogP contribution in [0.4, 0.5) is 9.18 Å². The minimum absolute atomic E-state index is 0.0487. The van der Waals surface area contributed by atoms with Gasteiger partial charge in [-0.15, -0.1) is 0 Å². The summed E-state index contributed by atoms with van der Waals surface area (Å²) in [6.45, 7) is 2.71. The molecule has 1 aromatic carbocycles. The van der Waals surface area contributed by atoms with Crippen molar-refractivity contribution in [2.45, 2.75) is 31.4 Å². The van der Waals surface area contributed by atoms with Crippen molar-refractivity contribution in [3.05, 3.63) is 46.0 Å². The predicted octanol–water partition coefficient (Wildman–Crippen LogP) is 1.80. The van der Waals surface area contributed by atoms with Gasteiger partial charge in [0.05, 0.1) is 5.52 Å².